The molecule has 3 nitrogen and oxygen atoms in total. The van der Waals surface area contributed by atoms with Crippen LogP contribution >= 0.6 is 0 Å². The molecule has 0 aromatic heterocycles. The Morgan fingerprint density at radius 3 is 2.42 bits per heavy atom. The Morgan fingerprint density at radius 2 is 1.77 bits per heavy atom. The third-order valence-electron chi connectivity index (χ3n) is 4.33. The Balaban J connectivity index is 2.02. The second-order valence-electron chi connectivity index (χ2n) is 7.89. The molecule has 0 aliphatic rings. The molecular formula is C23H30O3. The summed E-state index contributed by atoms with van der Waals surface area (Å²) >= 11 is 0. The van der Waals surface area contributed by atoms with Gasteiger partial charge >= 0.3 is 5.97 Å². The van der Waals surface area contributed by atoms with Crippen molar-refractivity contribution in [2.24, 2.45) is 5.41 Å². The molecule has 0 saturated heterocycles. The second-order valence-corrected chi connectivity index (χ2v) is 7.89. The smallest absolute Gasteiger partial charge is 0.337 e. The van der Waals surface area contributed by atoms with Crippen molar-refractivity contribution in [2.75, 3.05) is 20.3 Å². The highest BCUT2D eigenvalue weighted by Crippen LogP contribution is 2.32. The summed E-state index contributed by atoms with van der Waals surface area (Å²) < 4.78 is 10.9. The highest BCUT2D eigenvalue weighted by atomic mass is 16.5. The van der Waals surface area contributed by atoms with E-state index in [1.165, 1.54) is 12.7 Å². The Kier molecular flexibility index (Phi) is 7.40. The Bertz CT molecular complexity index is 686. The molecule has 2 aromatic carbocycles. The molecule has 0 radical (unpaired) electrons. The van der Waals surface area contributed by atoms with Crippen LogP contribution in [-0.4, -0.2) is 26.3 Å². The zero-order valence-corrected chi connectivity index (χ0v) is 16.3. The van der Waals surface area contributed by atoms with Gasteiger partial charge in [0.05, 0.1) is 25.9 Å². The van der Waals surface area contributed by atoms with E-state index < -0.39 is 0 Å². The molecule has 3 heteroatoms. The van der Waals surface area contributed by atoms with E-state index in [2.05, 4.69) is 51.1 Å². The predicted octanol–water partition coefficient (Wildman–Crippen LogP) is 5.25. The third kappa shape index (κ3) is 6.64. The number of methoxy groups -OCH3 is 1. The van der Waals surface area contributed by atoms with Crippen LogP contribution in [0.25, 0.3) is 0 Å². The van der Waals surface area contributed by atoms with Crippen LogP contribution in [0.2, 0.25) is 0 Å². The number of hydrogen-bond donors (Lipinski definition) is 0. The van der Waals surface area contributed by atoms with Gasteiger partial charge in [0.25, 0.3) is 0 Å². The molecule has 0 spiro atoms. The number of esters is 1. The van der Waals surface area contributed by atoms with Gasteiger partial charge in [-0.15, -0.1) is 0 Å². The molecule has 0 heterocycles. The number of ether oxygens (including phenoxy) is 2. The Morgan fingerprint density at radius 1 is 1.04 bits per heavy atom. The van der Waals surface area contributed by atoms with Crippen LogP contribution in [0.1, 0.15) is 54.6 Å². The lowest BCUT2D eigenvalue weighted by Gasteiger charge is -2.26. The molecule has 2 rings (SSSR count). The van der Waals surface area contributed by atoms with E-state index in [0.29, 0.717) is 18.8 Å². The summed E-state index contributed by atoms with van der Waals surface area (Å²) in [5.74, 6) is -0.0539. The number of carbonyl (C=O) groups is 1. The van der Waals surface area contributed by atoms with Gasteiger partial charge in [0.15, 0.2) is 0 Å². The lowest BCUT2D eigenvalue weighted by atomic mass is 9.81. The molecule has 0 fully saturated rings. The van der Waals surface area contributed by atoms with Crippen molar-refractivity contribution >= 4 is 5.97 Å². The van der Waals surface area contributed by atoms with Crippen molar-refractivity contribution in [1.82, 2.24) is 0 Å². The molecule has 0 unspecified atom stereocenters. The minimum Gasteiger partial charge on any atom is -0.465 e. The van der Waals surface area contributed by atoms with Crippen molar-refractivity contribution in [3.8, 4) is 0 Å². The maximum absolute atomic E-state index is 11.8. The van der Waals surface area contributed by atoms with Crippen molar-refractivity contribution < 1.29 is 14.3 Å². The average molecular weight is 354 g/mol. The quantitative estimate of drug-likeness (QED) is 0.479. The SMILES string of the molecule is COC(=O)c1cccc([C@@H](COCCc2ccccc2)CC(C)(C)C)c1. The number of rotatable bonds is 8. The molecular weight excluding hydrogens is 324 g/mol. The Labute approximate surface area is 157 Å². The van der Waals surface area contributed by atoms with Gasteiger partial charge in [-0.1, -0.05) is 63.2 Å². The van der Waals surface area contributed by atoms with Crippen molar-refractivity contribution in [1.29, 1.82) is 0 Å². The van der Waals surface area contributed by atoms with Gasteiger partial charge in [0.1, 0.15) is 0 Å². The van der Waals surface area contributed by atoms with Gasteiger partial charge in [-0.2, -0.15) is 0 Å². The summed E-state index contributed by atoms with van der Waals surface area (Å²) in [7, 11) is 1.41. The number of hydrogen-bond acceptors (Lipinski definition) is 3. The molecule has 0 aliphatic heterocycles. The number of carbonyl (C=O) groups excluding carboxylic acids is 1. The van der Waals surface area contributed by atoms with Crippen LogP contribution in [0.3, 0.4) is 0 Å². The Hall–Kier alpha value is -2.13. The molecule has 140 valence electrons. The van der Waals surface area contributed by atoms with Gasteiger partial charge in [-0.3, -0.25) is 0 Å². The molecule has 0 amide bonds. The van der Waals surface area contributed by atoms with E-state index in [4.69, 9.17) is 9.47 Å². The molecule has 0 bridgehead atoms. The standard InChI is InChI=1S/C23H30O3/c1-23(2,3)16-21(17-26-14-13-18-9-6-5-7-10-18)19-11-8-12-20(15-19)22(24)25-4/h5-12,15,21H,13-14,16-17H2,1-4H3/t21-/m1/s1. The predicted molar refractivity (Wildman–Crippen MR) is 106 cm³/mol. The minimum absolute atomic E-state index is 0.175. The van der Waals surface area contributed by atoms with E-state index >= 15 is 0 Å². The molecule has 0 saturated carbocycles. The summed E-state index contributed by atoms with van der Waals surface area (Å²) in [5, 5.41) is 0. The van der Waals surface area contributed by atoms with E-state index in [1.807, 2.05) is 18.2 Å². The van der Waals surface area contributed by atoms with E-state index in [1.54, 1.807) is 6.07 Å². The molecule has 0 N–H and O–H groups in total. The summed E-state index contributed by atoms with van der Waals surface area (Å²) in [6.07, 6.45) is 1.90. The summed E-state index contributed by atoms with van der Waals surface area (Å²) in [4.78, 5) is 11.8. The molecule has 0 aliphatic carbocycles. The van der Waals surface area contributed by atoms with Crippen LogP contribution in [0.5, 0.6) is 0 Å². The molecule has 1 atom stereocenters. The first-order valence-electron chi connectivity index (χ1n) is 9.19. The van der Waals surface area contributed by atoms with E-state index in [0.717, 1.165) is 18.4 Å². The van der Waals surface area contributed by atoms with Crippen LogP contribution < -0.4 is 0 Å². The third-order valence-corrected chi connectivity index (χ3v) is 4.33. The van der Waals surface area contributed by atoms with Crippen LogP contribution in [0, 0.1) is 5.41 Å². The fourth-order valence-electron chi connectivity index (χ4n) is 3.11. The maximum Gasteiger partial charge on any atom is 0.337 e. The first-order chi connectivity index (χ1) is 12.4. The van der Waals surface area contributed by atoms with Gasteiger partial charge in [-0.05, 0) is 41.5 Å². The lowest BCUT2D eigenvalue weighted by Crippen LogP contribution is -2.18. The van der Waals surface area contributed by atoms with Gasteiger partial charge in [0, 0.05) is 5.92 Å². The van der Waals surface area contributed by atoms with Crippen LogP contribution in [0.15, 0.2) is 54.6 Å². The van der Waals surface area contributed by atoms with Gasteiger partial charge in [0.2, 0.25) is 0 Å². The summed E-state index contributed by atoms with van der Waals surface area (Å²) in [6, 6.07) is 18.1. The van der Waals surface area contributed by atoms with Crippen molar-refractivity contribution in [3.05, 3.63) is 71.3 Å². The van der Waals surface area contributed by atoms with E-state index in [9.17, 15) is 4.79 Å². The summed E-state index contributed by atoms with van der Waals surface area (Å²) in [5.41, 5.74) is 3.18. The second kappa shape index (κ2) is 9.54. The highest BCUT2D eigenvalue weighted by molar-refractivity contribution is 5.89. The first kappa shape index (κ1) is 20.2. The lowest BCUT2D eigenvalue weighted by molar-refractivity contribution is 0.0600. The van der Waals surface area contributed by atoms with Gasteiger partial charge < -0.3 is 9.47 Å². The highest BCUT2D eigenvalue weighted by Gasteiger charge is 2.21. The zero-order chi connectivity index (χ0) is 19.0. The van der Waals surface area contributed by atoms with Crippen LogP contribution in [-0.2, 0) is 15.9 Å². The fraction of sp³-hybridized carbons (Fsp3) is 0.435. The normalized spacial score (nSPS) is 12.6. The monoisotopic (exact) mass is 354 g/mol. The van der Waals surface area contributed by atoms with Crippen molar-refractivity contribution in [2.45, 2.75) is 39.5 Å². The molecule has 2 aromatic rings. The maximum atomic E-state index is 11.8. The fourth-order valence-corrected chi connectivity index (χ4v) is 3.11. The minimum atomic E-state index is -0.300. The van der Waals surface area contributed by atoms with E-state index in [-0.39, 0.29) is 17.3 Å². The average Bonchev–Trinajstić information content (AvgIpc) is 2.63. The van der Waals surface area contributed by atoms with Crippen LogP contribution in [0.4, 0.5) is 0 Å². The van der Waals surface area contributed by atoms with Gasteiger partial charge in [-0.25, -0.2) is 4.79 Å². The largest absolute Gasteiger partial charge is 0.465 e. The molecule has 26 heavy (non-hydrogen) atoms. The first-order valence-corrected chi connectivity index (χ1v) is 9.19. The van der Waals surface area contributed by atoms with Crippen molar-refractivity contribution in [3.63, 3.8) is 0 Å². The topological polar surface area (TPSA) is 35.5 Å². The number of benzene rings is 2. The zero-order valence-electron chi connectivity index (χ0n) is 16.3. The summed E-state index contributed by atoms with van der Waals surface area (Å²) in [6.45, 7) is 8.03.